The lowest BCUT2D eigenvalue weighted by Gasteiger charge is -2.27. The van der Waals surface area contributed by atoms with E-state index in [1.54, 1.807) is 0 Å². The number of hydrogen-bond acceptors (Lipinski definition) is 2. The van der Waals surface area contributed by atoms with Crippen LogP contribution in [0.1, 0.15) is 66.6 Å². The molecular formula is C17H19NO. The van der Waals surface area contributed by atoms with E-state index in [0.717, 1.165) is 11.8 Å². The Bertz CT molecular complexity index is 626. The largest absolute Gasteiger partial charge is 0.296 e. The molecule has 1 aromatic carbocycles. The zero-order chi connectivity index (χ0) is 13.4. The van der Waals surface area contributed by atoms with E-state index in [-0.39, 0.29) is 0 Å². The molecule has 2 aromatic rings. The molecule has 0 amide bonds. The topological polar surface area (TPSA) is 30.0 Å². The average Bonchev–Trinajstić information content (AvgIpc) is 2.35. The molecule has 1 saturated carbocycles. The van der Waals surface area contributed by atoms with Crippen molar-refractivity contribution in [3.8, 4) is 0 Å². The SMILES string of the molecule is CC(C)c1cccc2c(C3CCC3)cc(C=O)nc12. The maximum Gasteiger partial charge on any atom is 0.168 e. The third-order valence-corrected chi connectivity index (χ3v) is 4.21. The summed E-state index contributed by atoms with van der Waals surface area (Å²) in [6.45, 7) is 4.35. The van der Waals surface area contributed by atoms with Crippen molar-refractivity contribution in [3.05, 3.63) is 41.1 Å². The van der Waals surface area contributed by atoms with Gasteiger partial charge in [0.1, 0.15) is 5.69 Å². The maximum absolute atomic E-state index is 11.1. The maximum atomic E-state index is 11.1. The first kappa shape index (κ1) is 12.3. The molecule has 1 aliphatic carbocycles. The van der Waals surface area contributed by atoms with Gasteiger partial charge in [0.15, 0.2) is 6.29 Å². The lowest BCUT2D eigenvalue weighted by molar-refractivity contribution is 0.111. The molecule has 2 heteroatoms. The van der Waals surface area contributed by atoms with Gasteiger partial charge in [-0.1, -0.05) is 38.5 Å². The highest BCUT2D eigenvalue weighted by Crippen LogP contribution is 2.40. The summed E-state index contributed by atoms with van der Waals surface area (Å²) in [7, 11) is 0. The highest BCUT2D eigenvalue weighted by atomic mass is 16.1. The zero-order valence-electron chi connectivity index (χ0n) is 11.5. The van der Waals surface area contributed by atoms with E-state index in [9.17, 15) is 4.79 Å². The first-order chi connectivity index (χ1) is 9.20. The van der Waals surface area contributed by atoms with Gasteiger partial charge in [-0.2, -0.15) is 0 Å². The van der Waals surface area contributed by atoms with E-state index in [2.05, 4.69) is 37.0 Å². The van der Waals surface area contributed by atoms with Crippen LogP contribution in [0.5, 0.6) is 0 Å². The zero-order valence-corrected chi connectivity index (χ0v) is 11.5. The van der Waals surface area contributed by atoms with Crippen molar-refractivity contribution in [2.24, 2.45) is 0 Å². The second-order valence-corrected chi connectivity index (χ2v) is 5.78. The standard InChI is InChI=1S/C17H19NO/c1-11(2)14-7-4-8-15-16(12-5-3-6-12)9-13(10-19)18-17(14)15/h4,7-12H,3,5-6H2,1-2H3. The van der Waals surface area contributed by atoms with Crippen molar-refractivity contribution in [2.75, 3.05) is 0 Å². The number of aromatic nitrogens is 1. The minimum Gasteiger partial charge on any atom is -0.296 e. The van der Waals surface area contributed by atoms with Crippen LogP contribution in [0.3, 0.4) is 0 Å². The second-order valence-electron chi connectivity index (χ2n) is 5.78. The smallest absolute Gasteiger partial charge is 0.168 e. The lowest BCUT2D eigenvalue weighted by atomic mass is 9.78. The number of carbonyl (C=O) groups is 1. The molecule has 0 bridgehead atoms. The van der Waals surface area contributed by atoms with Crippen LogP contribution in [0.2, 0.25) is 0 Å². The minimum atomic E-state index is 0.423. The molecule has 0 aliphatic heterocycles. The van der Waals surface area contributed by atoms with E-state index in [1.807, 2.05) is 6.07 Å². The van der Waals surface area contributed by atoms with Gasteiger partial charge >= 0.3 is 0 Å². The third kappa shape index (κ3) is 2.05. The number of nitrogens with zero attached hydrogens (tertiary/aromatic N) is 1. The molecule has 1 aliphatic rings. The van der Waals surface area contributed by atoms with Gasteiger partial charge in [-0.3, -0.25) is 4.79 Å². The van der Waals surface area contributed by atoms with Gasteiger partial charge in [0, 0.05) is 5.39 Å². The van der Waals surface area contributed by atoms with Crippen molar-refractivity contribution in [3.63, 3.8) is 0 Å². The number of benzene rings is 1. The van der Waals surface area contributed by atoms with Crippen molar-refractivity contribution in [1.82, 2.24) is 4.98 Å². The number of pyridine rings is 1. The summed E-state index contributed by atoms with van der Waals surface area (Å²) in [5.74, 6) is 1.04. The van der Waals surface area contributed by atoms with Crippen LogP contribution in [-0.2, 0) is 0 Å². The lowest BCUT2D eigenvalue weighted by Crippen LogP contribution is -2.11. The fourth-order valence-corrected chi connectivity index (χ4v) is 2.90. The van der Waals surface area contributed by atoms with Gasteiger partial charge in [-0.05, 0) is 41.9 Å². The van der Waals surface area contributed by atoms with Crippen LogP contribution in [0.4, 0.5) is 0 Å². The Labute approximate surface area is 113 Å². The molecule has 19 heavy (non-hydrogen) atoms. The summed E-state index contributed by atoms with van der Waals surface area (Å²) < 4.78 is 0. The third-order valence-electron chi connectivity index (χ3n) is 4.21. The van der Waals surface area contributed by atoms with Crippen LogP contribution in [-0.4, -0.2) is 11.3 Å². The summed E-state index contributed by atoms with van der Waals surface area (Å²) >= 11 is 0. The molecular weight excluding hydrogens is 234 g/mol. The van der Waals surface area contributed by atoms with Crippen molar-refractivity contribution >= 4 is 17.2 Å². The molecule has 0 atom stereocenters. The normalized spacial score (nSPS) is 15.7. The summed E-state index contributed by atoms with van der Waals surface area (Å²) in [6.07, 6.45) is 4.65. The molecule has 98 valence electrons. The van der Waals surface area contributed by atoms with Gasteiger partial charge in [0.25, 0.3) is 0 Å². The second kappa shape index (κ2) is 4.76. The Morgan fingerprint density at radius 3 is 2.68 bits per heavy atom. The van der Waals surface area contributed by atoms with Gasteiger partial charge in [0.05, 0.1) is 5.52 Å². The highest BCUT2D eigenvalue weighted by Gasteiger charge is 2.23. The summed E-state index contributed by atoms with van der Waals surface area (Å²) in [5.41, 5.74) is 4.15. The summed E-state index contributed by atoms with van der Waals surface area (Å²) in [6, 6.07) is 8.38. The van der Waals surface area contributed by atoms with E-state index in [4.69, 9.17) is 0 Å². The van der Waals surface area contributed by atoms with Gasteiger partial charge in [-0.25, -0.2) is 4.98 Å². The number of aldehydes is 1. The van der Waals surface area contributed by atoms with Crippen LogP contribution in [0.25, 0.3) is 10.9 Å². The Morgan fingerprint density at radius 1 is 1.32 bits per heavy atom. The van der Waals surface area contributed by atoms with E-state index < -0.39 is 0 Å². The average molecular weight is 253 g/mol. The van der Waals surface area contributed by atoms with Gasteiger partial charge < -0.3 is 0 Å². The van der Waals surface area contributed by atoms with Crippen LogP contribution in [0, 0.1) is 0 Å². The van der Waals surface area contributed by atoms with Crippen molar-refractivity contribution in [1.29, 1.82) is 0 Å². The van der Waals surface area contributed by atoms with E-state index >= 15 is 0 Å². The molecule has 0 unspecified atom stereocenters. The molecule has 0 radical (unpaired) electrons. The number of carbonyl (C=O) groups excluding carboxylic acids is 1. The molecule has 0 spiro atoms. The Morgan fingerprint density at radius 2 is 2.11 bits per heavy atom. The van der Waals surface area contributed by atoms with E-state index in [1.165, 1.54) is 35.8 Å². The fourth-order valence-electron chi connectivity index (χ4n) is 2.90. The quantitative estimate of drug-likeness (QED) is 0.757. The summed E-state index contributed by atoms with van der Waals surface area (Å²) in [4.78, 5) is 15.7. The molecule has 1 fully saturated rings. The van der Waals surface area contributed by atoms with Crippen molar-refractivity contribution in [2.45, 2.75) is 44.9 Å². The van der Waals surface area contributed by atoms with Crippen LogP contribution >= 0.6 is 0 Å². The predicted octanol–water partition coefficient (Wildman–Crippen LogP) is 4.44. The van der Waals surface area contributed by atoms with Crippen LogP contribution in [0.15, 0.2) is 24.3 Å². The number of para-hydroxylation sites is 1. The molecule has 2 nitrogen and oxygen atoms in total. The molecule has 0 saturated heterocycles. The van der Waals surface area contributed by atoms with Crippen molar-refractivity contribution < 1.29 is 4.79 Å². The number of fused-ring (bicyclic) bond motifs is 1. The predicted molar refractivity (Wildman–Crippen MR) is 77.8 cm³/mol. The first-order valence-electron chi connectivity index (χ1n) is 7.09. The molecule has 1 heterocycles. The Kier molecular flexibility index (Phi) is 3.09. The van der Waals surface area contributed by atoms with Gasteiger partial charge in [-0.15, -0.1) is 0 Å². The Hall–Kier alpha value is -1.70. The molecule has 3 rings (SSSR count). The van der Waals surface area contributed by atoms with Crippen LogP contribution < -0.4 is 0 Å². The first-order valence-corrected chi connectivity index (χ1v) is 7.09. The van der Waals surface area contributed by atoms with Gasteiger partial charge in [0.2, 0.25) is 0 Å². The highest BCUT2D eigenvalue weighted by molar-refractivity contribution is 5.89. The Balaban J connectivity index is 2.29. The monoisotopic (exact) mass is 253 g/mol. The minimum absolute atomic E-state index is 0.423. The number of rotatable bonds is 3. The number of hydrogen-bond donors (Lipinski definition) is 0. The summed E-state index contributed by atoms with van der Waals surface area (Å²) in [5, 5.41) is 1.24. The fraction of sp³-hybridized carbons (Fsp3) is 0.412. The van der Waals surface area contributed by atoms with E-state index in [0.29, 0.717) is 17.5 Å². The molecule has 0 N–H and O–H groups in total. The molecule has 1 aromatic heterocycles.